The highest BCUT2D eigenvalue weighted by atomic mass is 16.2. The number of carbonyl (C=O) groups is 1. The topological polar surface area (TPSA) is 120 Å². The molecule has 1 fully saturated rings. The fourth-order valence-corrected chi connectivity index (χ4v) is 4.79. The van der Waals surface area contributed by atoms with Crippen LogP contribution in [0.3, 0.4) is 0 Å². The molecule has 0 radical (unpaired) electrons. The van der Waals surface area contributed by atoms with Crippen LogP contribution in [0.15, 0.2) is 35.4 Å². The number of nitrogens with zero attached hydrogens (tertiary/aromatic N) is 6. The summed E-state index contributed by atoms with van der Waals surface area (Å²) >= 11 is 0. The molecule has 31 heavy (non-hydrogen) atoms. The first-order chi connectivity index (χ1) is 14.9. The summed E-state index contributed by atoms with van der Waals surface area (Å²) in [6.07, 6.45) is 2.34. The van der Waals surface area contributed by atoms with E-state index >= 15 is 0 Å². The summed E-state index contributed by atoms with van der Waals surface area (Å²) in [7, 11) is 0. The van der Waals surface area contributed by atoms with Crippen LogP contribution in [-0.4, -0.2) is 48.4 Å². The lowest BCUT2D eigenvalue weighted by Gasteiger charge is -2.42. The fourth-order valence-electron chi connectivity index (χ4n) is 4.79. The Morgan fingerprint density at radius 3 is 2.68 bits per heavy atom. The lowest BCUT2D eigenvalue weighted by Crippen LogP contribution is -2.49. The second kappa shape index (κ2) is 7.26. The summed E-state index contributed by atoms with van der Waals surface area (Å²) in [4.78, 5) is 44.7. The first kappa shape index (κ1) is 19.3. The van der Waals surface area contributed by atoms with E-state index in [0.29, 0.717) is 48.2 Å². The van der Waals surface area contributed by atoms with E-state index in [1.807, 2.05) is 22.5 Å². The number of hydrogen-bond donors (Lipinski definition) is 1. The molecular formula is C22H23N7O2. The van der Waals surface area contributed by atoms with Gasteiger partial charge in [-0.25, -0.2) is 19.9 Å². The van der Waals surface area contributed by atoms with Crippen LogP contribution in [-0.2, 0) is 6.54 Å². The van der Waals surface area contributed by atoms with Crippen molar-refractivity contribution in [2.75, 3.05) is 18.8 Å². The molecular weight excluding hydrogens is 394 g/mol. The van der Waals surface area contributed by atoms with Crippen LogP contribution in [0.2, 0.25) is 0 Å². The minimum Gasteiger partial charge on any atom is -0.384 e. The van der Waals surface area contributed by atoms with Gasteiger partial charge in [0.25, 0.3) is 11.5 Å². The molecule has 2 aliphatic heterocycles. The number of amides is 1. The molecule has 0 aliphatic carbocycles. The molecule has 0 aromatic carbocycles. The number of anilines is 1. The minimum atomic E-state index is -0.0844. The van der Waals surface area contributed by atoms with Crippen molar-refractivity contribution in [1.29, 1.82) is 0 Å². The maximum atomic E-state index is 13.2. The molecule has 1 amide bonds. The van der Waals surface area contributed by atoms with Crippen molar-refractivity contribution in [3.63, 3.8) is 0 Å². The van der Waals surface area contributed by atoms with Gasteiger partial charge >= 0.3 is 0 Å². The molecule has 158 valence electrons. The van der Waals surface area contributed by atoms with E-state index in [9.17, 15) is 9.59 Å². The third-order valence-corrected chi connectivity index (χ3v) is 6.01. The second-order valence-electron chi connectivity index (χ2n) is 8.40. The van der Waals surface area contributed by atoms with Crippen molar-refractivity contribution in [3.8, 4) is 11.3 Å². The van der Waals surface area contributed by atoms with Gasteiger partial charge in [0, 0.05) is 54.6 Å². The monoisotopic (exact) mass is 417 g/mol. The molecule has 0 saturated carbocycles. The zero-order valence-electron chi connectivity index (χ0n) is 17.4. The minimum absolute atomic E-state index is 0.0544. The van der Waals surface area contributed by atoms with Crippen LogP contribution in [0.25, 0.3) is 11.3 Å². The van der Waals surface area contributed by atoms with Gasteiger partial charge in [-0.2, -0.15) is 0 Å². The fraction of sp³-hybridized carbons (Fsp3) is 0.364. The number of fused-ring (bicyclic) bond motifs is 4. The SMILES string of the molecule is Cc1cc(C(=O)N2C[C@@H]3C[C@H](C2)c2cc(-c4cc(N)ncn4)cc(=O)n2C3)nc(C)n1. The first-order valence-corrected chi connectivity index (χ1v) is 10.3. The van der Waals surface area contributed by atoms with Gasteiger partial charge in [0.1, 0.15) is 23.7 Å². The predicted octanol–water partition coefficient (Wildman–Crippen LogP) is 1.55. The van der Waals surface area contributed by atoms with Crippen LogP contribution >= 0.6 is 0 Å². The molecule has 9 heteroatoms. The Morgan fingerprint density at radius 1 is 1.06 bits per heavy atom. The number of hydrogen-bond acceptors (Lipinski definition) is 7. The average molecular weight is 417 g/mol. The first-order valence-electron chi connectivity index (χ1n) is 10.3. The summed E-state index contributed by atoms with van der Waals surface area (Å²) in [5.41, 5.74) is 9.20. The molecule has 5 heterocycles. The smallest absolute Gasteiger partial charge is 0.272 e. The number of rotatable bonds is 2. The van der Waals surface area contributed by atoms with E-state index in [1.54, 1.807) is 25.1 Å². The number of pyridine rings is 1. The Bertz CT molecular complexity index is 1230. The molecule has 0 unspecified atom stereocenters. The van der Waals surface area contributed by atoms with Gasteiger partial charge in [-0.05, 0) is 38.3 Å². The van der Waals surface area contributed by atoms with E-state index in [4.69, 9.17) is 5.73 Å². The van der Waals surface area contributed by atoms with Crippen LogP contribution in [0.5, 0.6) is 0 Å². The van der Waals surface area contributed by atoms with Gasteiger partial charge in [0.15, 0.2) is 0 Å². The van der Waals surface area contributed by atoms with Crippen molar-refractivity contribution in [1.82, 2.24) is 29.4 Å². The molecule has 9 nitrogen and oxygen atoms in total. The summed E-state index contributed by atoms with van der Waals surface area (Å²) in [6, 6.07) is 6.99. The van der Waals surface area contributed by atoms with E-state index in [0.717, 1.165) is 17.8 Å². The number of aryl methyl sites for hydroxylation is 2. The number of aromatic nitrogens is 5. The Morgan fingerprint density at radius 2 is 1.90 bits per heavy atom. The van der Waals surface area contributed by atoms with Crippen molar-refractivity contribution in [2.45, 2.75) is 32.7 Å². The summed E-state index contributed by atoms with van der Waals surface area (Å²) in [5.74, 6) is 1.17. The molecule has 2 atom stereocenters. The van der Waals surface area contributed by atoms with Gasteiger partial charge in [-0.3, -0.25) is 9.59 Å². The van der Waals surface area contributed by atoms with Crippen LogP contribution in [0.1, 0.15) is 40.0 Å². The van der Waals surface area contributed by atoms with E-state index in [2.05, 4.69) is 19.9 Å². The van der Waals surface area contributed by atoms with Gasteiger partial charge in [-0.15, -0.1) is 0 Å². The average Bonchev–Trinajstić information content (AvgIpc) is 2.73. The lowest BCUT2D eigenvalue weighted by atomic mass is 9.82. The molecule has 0 spiro atoms. The van der Waals surface area contributed by atoms with Gasteiger partial charge in [0.05, 0.1) is 5.69 Å². The Balaban J connectivity index is 1.49. The Hall–Kier alpha value is -3.62. The zero-order valence-corrected chi connectivity index (χ0v) is 17.4. The Labute approximate surface area is 179 Å². The molecule has 5 rings (SSSR count). The normalized spacial score (nSPS) is 19.7. The summed E-state index contributed by atoms with van der Waals surface area (Å²) < 4.78 is 1.84. The number of likely N-dealkylation sites (tertiary alicyclic amines) is 1. The third-order valence-electron chi connectivity index (χ3n) is 6.01. The van der Waals surface area contributed by atoms with Crippen molar-refractivity contribution < 1.29 is 4.79 Å². The number of nitrogen functional groups attached to an aromatic ring is 1. The highest BCUT2D eigenvalue weighted by molar-refractivity contribution is 5.92. The quantitative estimate of drug-likeness (QED) is 0.672. The zero-order chi connectivity index (χ0) is 21.7. The highest BCUT2D eigenvalue weighted by Crippen LogP contribution is 2.36. The van der Waals surface area contributed by atoms with Gasteiger partial charge in [-0.1, -0.05) is 0 Å². The van der Waals surface area contributed by atoms with Crippen LogP contribution in [0, 0.1) is 19.8 Å². The third kappa shape index (κ3) is 3.56. The standard InChI is InChI=1S/C22H23N7O2/c1-12-3-18(27-13(2)26-12)22(31)28-8-14-4-16(10-28)19-5-15(6-21(30)29(19)9-14)17-7-20(23)25-11-24-17/h3,5-7,11,14,16H,4,8-10H2,1-2H3,(H2,23,24,25)/t14-,16+/m0/s1. The Kier molecular flexibility index (Phi) is 4.53. The number of nitrogens with two attached hydrogens (primary N) is 1. The van der Waals surface area contributed by atoms with Crippen molar-refractivity contribution in [3.05, 3.63) is 63.9 Å². The van der Waals surface area contributed by atoms with E-state index in [1.165, 1.54) is 6.33 Å². The van der Waals surface area contributed by atoms with E-state index in [-0.39, 0.29) is 23.3 Å². The molecule has 3 aromatic heterocycles. The van der Waals surface area contributed by atoms with E-state index < -0.39 is 0 Å². The number of piperidine rings is 1. The maximum Gasteiger partial charge on any atom is 0.272 e. The number of carbonyl (C=O) groups excluding carboxylic acids is 1. The van der Waals surface area contributed by atoms with Crippen LogP contribution in [0.4, 0.5) is 5.82 Å². The molecule has 2 N–H and O–H groups in total. The molecule has 2 bridgehead atoms. The predicted molar refractivity (Wildman–Crippen MR) is 114 cm³/mol. The summed E-state index contributed by atoms with van der Waals surface area (Å²) in [5, 5.41) is 0. The second-order valence-corrected chi connectivity index (χ2v) is 8.40. The van der Waals surface area contributed by atoms with Crippen molar-refractivity contribution in [2.24, 2.45) is 5.92 Å². The van der Waals surface area contributed by atoms with Gasteiger partial charge in [0.2, 0.25) is 0 Å². The molecule has 3 aromatic rings. The molecule has 2 aliphatic rings. The largest absolute Gasteiger partial charge is 0.384 e. The summed E-state index contributed by atoms with van der Waals surface area (Å²) in [6.45, 7) is 5.42. The van der Waals surface area contributed by atoms with Gasteiger partial charge < -0.3 is 15.2 Å². The van der Waals surface area contributed by atoms with Crippen molar-refractivity contribution >= 4 is 11.7 Å². The van der Waals surface area contributed by atoms with Crippen LogP contribution < -0.4 is 11.3 Å². The molecule has 1 saturated heterocycles. The highest BCUT2D eigenvalue weighted by Gasteiger charge is 2.37. The maximum absolute atomic E-state index is 13.2. The lowest BCUT2D eigenvalue weighted by molar-refractivity contribution is 0.0588.